The van der Waals surface area contributed by atoms with Gasteiger partial charge >= 0.3 is 0 Å². The molecule has 1 nitrogen and oxygen atoms in total. The molecule has 2 heteroatoms. The van der Waals surface area contributed by atoms with Gasteiger partial charge in [0.25, 0.3) is 0 Å². The van der Waals surface area contributed by atoms with E-state index in [0.717, 1.165) is 5.92 Å². The van der Waals surface area contributed by atoms with Gasteiger partial charge in [0.2, 0.25) is 0 Å². The summed E-state index contributed by atoms with van der Waals surface area (Å²) in [5.41, 5.74) is 0. The van der Waals surface area contributed by atoms with Crippen LogP contribution in [0.25, 0.3) is 0 Å². The van der Waals surface area contributed by atoms with Crippen LogP contribution < -0.4 is 0 Å². The van der Waals surface area contributed by atoms with Crippen LogP contribution in [0, 0.1) is 5.92 Å². The van der Waals surface area contributed by atoms with Crippen molar-refractivity contribution in [2.45, 2.75) is 13.8 Å². The Bertz CT molecular complexity index is 37.8. The molecule has 0 amide bonds. The maximum atomic E-state index is 2.22. The molecule has 0 N–H and O–H groups in total. The average molecular weight is 220 g/mol. The van der Waals surface area contributed by atoms with E-state index in [2.05, 4.69) is 32.8 Å². The van der Waals surface area contributed by atoms with Crippen molar-refractivity contribution in [3.63, 3.8) is 0 Å². The molecule has 0 aromatic carbocycles. The Labute approximate surface area is 69.4 Å². The van der Waals surface area contributed by atoms with Gasteiger partial charge in [-0.3, -0.25) is 0 Å². The first-order valence-corrected chi connectivity index (χ1v) is 2.77. The molecule has 0 atom stereocenters. The molecule has 0 aromatic rings. The van der Waals surface area contributed by atoms with Crippen LogP contribution in [0.15, 0.2) is 0 Å². The summed E-state index contributed by atoms with van der Waals surface area (Å²) >= 11 is 0. The zero-order valence-electron chi connectivity index (χ0n) is 6.23. The Balaban J connectivity index is 0. The van der Waals surface area contributed by atoms with Gasteiger partial charge in [0.05, 0.1) is 0 Å². The monoisotopic (exact) mass is 221 g/mol. The summed E-state index contributed by atoms with van der Waals surface area (Å²) in [6, 6.07) is 0. The van der Waals surface area contributed by atoms with Gasteiger partial charge < -0.3 is 4.90 Å². The summed E-state index contributed by atoms with van der Waals surface area (Å²) < 4.78 is 0. The van der Waals surface area contributed by atoms with Crippen molar-refractivity contribution in [2.75, 3.05) is 20.6 Å². The maximum absolute atomic E-state index is 2.22. The molecule has 0 heterocycles. The summed E-state index contributed by atoms with van der Waals surface area (Å²) in [5, 5.41) is 0. The zero-order chi connectivity index (χ0) is 5.86. The van der Waals surface area contributed by atoms with Crippen LogP contribution in [-0.4, -0.2) is 49.4 Å². The summed E-state index contributed by atoms with van der Waals surface area (Å²) in [6.07, 6.45) is 0. The first kappa shape index (κ1) is 11.5. The van der Waals surface area contributed by atoms with E-state index in [-0.39, 0.29) is 23.9 Å². The molecule has 0 unspecified atom stereocenters. The van der Waals surface area contributed by atoms with Crippen molar-refractivity contribution >= 4 is 23.9 Å². The van der Waals surface area contributed by atoms with Crippen molar-refractivity contribution in [1.29, 1.82) is 0 Å². The summed E-state index contributed by atoms with van der Waals surface area (Å²) in [7, 11) is 4.19. The molecule has 0 rings (SSSR count). The molecule has 48 valence electrons. The van der Waals surface area contributed by atoms with Crippen LogP contribution in [0.1, 0.15) is 13.8 Å². The van der Waals surface area contributed by atoms with Gasteiger partial charge in [0.15, 0.2) is 0 Å². The molecule has 0 aromatic heterocycles. The minimum Gasteiger partial charge on any atom is -0.309 e. The molecule has 0 spiro atoms. The fourth-order valence-electron chi connectivity index (χ4n) is 0.730. The van der Waals surface area contributed by atoms with Crippen LogP contribution in [0.5, 0.6) is 0 Å². The molecule has 0 aliphatic rings. The predicted molar refractivity (Wildman–Crippen MR) is 39.1 cm³/mol. The van der Waals surface area contributed by atoms with Crippen molar-refractivity contribution in [2.24, 2.45) is 5.92 Å². The normalized spacial score (nSPS) is 9.75. The number of nitrogens with zero attached hydrogens (tertiary/aromatic N) is 1. The molecule has 0 aliphatic heterocycles. The first-order chi connectivity index (χ1) is 3.13. The van der Waals surface area contributed by atoms with Crippen molar-refractivity contribution < 1.29 is 0 Å². The van der Waals surface area contributed by atoms with E-state index >= 15 is 0 Å². The van der Waals surface area contributed by atoms with Gasteiger partial charge in [-0.05, 0) is 26.6 Å². The third-order valence-corrected chi connectivity index (χ3v) is 0.730. The minimum absolute atomic E-state index is 0. The molecule has 0 bridgehead atoms. The molecular formula is C6H15NSn. The smallest absolute Gasteiger partial charge is 0 e. The molecule has 8 heavy (non-hydrogen) atoms. The van der Waals surface area contributed by atoms with Gasteiger partial charge in [0, 0.05) is 23.9 Å². The molecule has 0 saturated heterocycles. The second-order valence-corrected chi connectivity index (χ2v) is 2.66. The van der Waals surface area contributed by atoms with Gasteiger partial charge in [-0.25, -0.2) is 0 Å². The van der Waals surface area contributed by atoms with Crippen LogP contribution in [0.4, 0.5) is 0 Å². The number of hydrogen-bond acceptors (Lipinski definition) is 1. The van der Waals surface area contributed by atoms with Crippen LogP contribution in [0.2, 0.25) is 0 Å². The van der Waals surface area contributed by atoms with E-state index in [1.807, 2.05) is 0 Å². The fourth-order valence-corrected chi connectivity index (χ4v) is 0.730. The van der Waals surface area contributed by atoms with Crippen LogP contribution in [0.3, 0.4) is 0 Å². The van der Waals surface area contributed by atoms with Crippen molar-refractivity contribution in [3.05, 3.63) is 0 Å². The van der Waals surface area contributed by atoms with E-state index in [9.17, 15) is 0 Å². The Morgan fingerprint density at radius 1 is 1.25 bits per heavy atom. The molecule has 0 fully saturated rings. The quantitative estimate of drug-likeness (QED) is 0.622. The average Bonchev–Trinajstić information content (AvgIpc) is 1.27. The Morgan fingerprint density at radius 2 is 1.62 bits per heavy atom. The molecular weight excluding hydrogens is 205 g/mol. The predicted octanol–water partition coefficient (Wildman–Crippen LogP) is 0.823. The van der Waals surface area contributed by atoms with Gasteiger partial charge in [-0.15, -0.1) is 0 Å². The SMILES string of the molecule is CC(C)CN(C)C.[Sn]. The number of rotatable bonds is 2. The molecule has 0 saturated carbocycles. The third-order valence-electron chi connectivity index (χ3n) is 0.730. The number of hydrogen-bond donors (Lipinski definition) is 0. The second-order valence-electron chi connectivity index (χ2n) is 2.66. The van der Waals surface area contributed by atoms with E-state index in [1.54, 1.807) is 0 Å². The minimum atomic E-state index is 0. The maximum Gasteiger partial charge on any atom is 0 e. The standard InChI is InChI=1S/C6H15N.Sn/c1-6(2)5-7(3)4;/h6H,5H2,1-4H3;. The van der Waals surface area contributed by atoms with Gasteiger partial charge in [-0.2, -0.15) is 0 Å². The van der Waals surface area contributed by atoms with Crippen LogP contribution >= 0.6 is 0 Å². The second kappa shape index (κ2) is 5.89. The van der Waals surface area contributed by atoms with Crippen molar-refractivity contribution in [1.82, 2.24) is 4.90 Å². The first-order valence-electron chi connectivity index (χ1n) is 2.77. The summed E-state index contributed by atoms with van der Waals surface area (Å²) in [4.78, 5) is 2.20. The molecule has 4 radical (unpaired) electrons. The largest absolute Gasteiger partial charge is 0.309 e. The molecule has 0 aliphatic carbocycles. The van der Waals surface area contributed by atoms with E-state index in [4.69, 9.17) is 0 Å². The Kier molecular flexibility index (Phi) is 8.49. The fraction of sp³-hybridized carbons (Fsp3) is 1.00. The summed E-state index contributed by atoms with van der Waals surface area (Å²) in [6.45, 7) is 5.64. The zero-order valence-corrected chi connectivity index (χ0v) is 9.09. The third kappa shape index (κ3) is 9.90. The van der Waals surface area contributed by atoms with E-state index in [1.165, 1.54) is 6.54 Å². The van der Waals surface area contributed by atoms with Crippen molar-refractivity contribution in [3.8, 4) is 0 Å². The van der Waals surface area contributed by atoms with E-state index in [0.29, 0.717) is 0 Å². The topological polar surface area (TPSA) is 3.24 Å². The Morgan fingerprint density at radius 3 is 1.62 bits per heavy atom. The Hall–Kier alpha value is 0.759. The van der Waals surface area contributed by atoms with Crippen LogP contribution in [-0.2, 0) is 0 Å². The summed E-state index contributed by atoms with van der Waals surface area (Å²) in [5.74, 6) is 0.801. The van der Waals surface area contributed by atoms with E-state index < -0.39 is 0 Å². The van der Waals surface area contributed by atoms with Gasteiger partial charge in [0.1, 0.15) is 0 Å². The van der Waals surface area contributed by atoms with Gasteiger partial charge in [-0.1, -0.05) is 13.8 Å².